The van der Waals surface area contributed by atoms with Crippen molar-refractivity contribution in [3.8, 4) is 0 Å². The van der Waals surface area contributed by atoms with Crippen LogP contribution in [0.4, 0.5) is 0 Å². The largest absolute Gasteiger partial charge is 0.495 e. The van der Waals surface area contributed by atoms with Gasteiger partial charge in [0.25, 0.3) is 0 Å². The van der Waals surface area contributed by atoms with Gasteiger partial charge in [-0.25, -0.2) is 0 Å². The monoisotopic (exact) mass is 166 g/mol. The van der Waals surface area contributed by atoms with Crippen molar-refractivity contribution in [1.82, 2.24) is 0 Å². The lowest BCUT2D eigenvalue weighted by Crippen LogP contribution is -1.98. The zero-order valence-electron chi connectivity index (χ0n) is 7.29. The Bertz CT molecular complexity index is 224. The highest BCUT2D eigenvalue weighted by atomic mass is 16.5. The summed E-state index contributed by atoms with van der Waals surface area (Å²) in [5.74, 6) is 0.923. The fourth-order valence-electron chi connectivity index (χ4n) is 1.04. The average molecular weight is 166 g/mol. The molecule has 0 aliphatic heterocycles. The molecular weight excluding hydrogens is 152 g/mol. The van der Waals surface area contributed by atoms with Crippen LogP contribution < -0.4 is 0 Å². The van der Waals surface area contributed by atoms with Gasteiger partial charge in [-0.15, -0.1) is 0 Å². The molecule has 0 unspecified atom stereocenters. The van der Waals surface area contributed by atoms with Crippen LogP contribution in [-0.2, 0) is 4.74 Å². The molecule has 0 heterocycles. The molecule has 0 aromatic rings. The SMILES string of the molecule is CC1=CC=CCC(OCCO)=C1. The summed E-state index contributed by atoms with van der Waals surface area (Å²) in [6.07, 6.45) is 8.90. The van der Waals surface area contributed by atoms with Crippen LogP contribution in [0.5, 0.6) is 0 Å². The third kappa shape index (κ3) is 2.93. The summed E-state index contributed by atoms with van der Waals surface area (Å²) in [6.45, 7) is 2.48. The minimum absolute atomic E-state index is 0.0732. The first kappa shape index (κ1) is 9.07. The molecular formula is C10H14O2. The Morgan fingerprint density at radius 3 is 3.17 bits per heavy atom. The minimum atomic E-state index is 0.0732. The van der Waals surface area contributed by atoms with Crippen LogP contribution in [0.15, 0.2) is 35.6 Å². The Hall–Kier alpha value is -1.02. The van der Waals surface area contributed by atoms with Crippen molar-refractivity contribution in [2.24, 2.45) is 0 Å². The second-order valence-corrected chi connectivity index (χ2v) is 2.73. The first-order chi connectivity index (χ1) is 5.83. The van der Waals surface area contributed by atoms with E-state index >= 15 is 0 Å². The standard InChI is InChI=1S/C10H14O2/c1-9-4-2-3-5-10(8-9)12-7-6-11/h2-4,8,11H,5-7H2,1H3. The Labute approximate surface area is 72.9 Å². The predicted octanol–water partition coefficient (Wildman–Crippen LogP) is 1.79. The number of aliphatic hydroxyl groups excluding tert-OH is 1. The van der Waals surface area contributed by atoms with Crippen LogP contribution >= 0.6 is 0 Å². The fraction of sp³-hybridized carbons (Fsp3) is 0.400. The maximum atomic E-state index is 8.55. The van der Waals surface area contributed by atoms with Gasteiger partial charge in [-0.05, 0) is 18.6 Å². The maximum Gasteiger partial charge on any atom is 0.111 e. The summed E-state index contributed by atoms with van der Waals surface area (Å²) in [6, 6.07) is 0. The molecule has 0 fully saturated rings. The molecule has 0 aromatic heterocycles. The molecule has 2 nitrogen and oxygen atoms in total. The van der Waals surface area contributed by atoms with Gasteiger partial charge >= 0.3 is 0 Å². The van der Waals surface area contributed by atoms with E-state index in [2.05, 4.69) is 0 Å². The van der Waals surface area contributed by atoms with E-state index in [4.69, 9.17) is 9.84 Å². The van der Waals surface area contributed by atoms with Crippen molar-refractivity contribution in [1.29, 1.82) is 0 Å². The van der Waals surface area contributed by atoms with E-state index < -0.39 is 0 Å². The number of allylic oxidation sites excluding steroid dienone is 5. The quantitative estimate of drug-likeness (QED) is 0.692. The summed E-state index contributed by atoms with van der Waals surface area (Å²) < 4.78 is 5.30. The van der Waals surface area contributed by atoms with Crippen molar-refractivity contribution < 1.29 is 9.84 Å². The van der Waals surface area contributed by atoms with Gasteiger partial charge < -0.3 is 9.84 Å². The highest BCUT2D eigenvalue weighted by Gasteiger charge is 1.98. The van der Waals surface area contributed by atoms with E-state index in [9.17, 15) is 0 Å². The molecule has 0 saturated heterocycles. The molecule has 0 saturated carbocycles. The number of hydrogen-bond donors (Lipinski definition) is 1. The normalized spacial score (nSPS) is 16.5. The second kappa shape index (κ2) is 4.78. The van der Waals surface area contributed by atoms with Gasteiger partial charge in [0.1, 0.15) is 12.4 Å². The van der Waals surface area contributed by atoms with Crippen molar-refractivity contribution in [2.75, 3.05) is 13.2 Å². The molecule has 1 N–H and O–H groups in total. The van der Waals surface area contributed by atoms with Crippen molar-refractivity contribution in [2.45, 2.75) is 13.3 Å². The number of aliphatic hydroxyl groups is 1. The molecule has 0 aromatic carbocycles. The lowest BCUT2D eigenvalue weighted by molar-refractivity contribution is 0.142. The van der Waals surface area contributed by atoms with Crippen LogP contribution in [0.1, 0.15) is 13.3 Å². The van der Waals surface area contributed by atoms with Gasteiger partial charge in [0.2, 0.25) is 0 Å². The third-order valence-electron chi connectivity index (χ3n) is 1.58. The topological polar surface area (TPSA) is 29.5 Å². The van der Waals surface area contributed by atoms with E-state index in [1.165, 1.54) is 5.57 Å². The number of hydrogen-bond acceptors (Lipinski definition) is 2. The Morgan fingerprint density at radius 2 is 2.42 bits per heavy atom. The van der Waals surface area contributed by atoms with Crippen molar-refractivity contribution in [3.05, 3.63) is 35.6 Å². The van der Waals surface area contributed by atoms with Crippen LogP contribution in [-0.4, -0.2) is 18.3 Å². The van der Waals surface area contributed by atoms with Gasteiger partial charge in [0, 0.05) is 6.42 Å². The fourth-order valence-corrected chi connectivity index (χ4v) is 1.04. The molecule has 0 radical (unpaired) electrons. The summed E-state index contributed by atoms with van der Waals surface area (Å²) in [7, 11) is 0. The predicted molar refractivity (Wildman–Crippen MR) is 48.6 cm³/mol. The number of rotatable bonds is 3. The first-order valence-corrected chi connectivity index (χ1v) is 4.10. The smallest absolute Gasteiger partial charge is 0.111 e. The van der Waals surface area contributed by atoms with Gasteiger partial charge in [-0.3, -0.25) is 0 Å². The van der Waals surface area contributed by atoms with E-state index in [1.807, 2.05) is 31.2 Å². The summed E-state index contributed by atoms with van der Waals surface area (Å²) in [4.78, 5) is 0. The molecule has 1 aliphatic rings. The average Bonchev–Trinajstić information content (AvgIpc) is 2.26. The van der Waals surface area contributed by atoms with Crippen LogP contribution in [0.25, 0.3) is 0 Å². The van der Waals surface area contributed by atoms with Crippen LogP contribution in [0, 0.1) is 0 Å². The molecule has 66 valence electrons. The molecule has 0 atom stereocenters. The van der Waals surface area contributed by atoms with E-state index in [-0.39, 0.29) is 6.61 Å². The number of ether oxygens (including phenoxy) is 1. The van der Waals surface area contributed by atoms with Gasteiger partial charge in [0.05, 0.1) is 6.61 Å². The van der Waals surface area contributed by atoms with Gasteiger partial charge in [-0.1, -0.05) is 18.2 Å². The highest BCUT2D eigenvalue weighted by Crippen LogP contribution is 2.12. The molecule has 12 heavy (non-hydrogen) atoms. The third-order valence-corrected chi connectivity index (χ3v) is 1.58. The molecule has 0 bridgehead atoms. The van der Waals surface area contributed by atoms with Gasteiger partial charge in [0.15, 0.2) is 0 Å². The Morgan fingerprint density at radius 1 is 1.58 bits per heavy atom. The lowest BCUT2D eigenvalue weighted by atomic mass is 10.2. The molecule has 0 spiro atoms. The summed E-state index contributed by atoms with van der Waals surface area (Å²) in [5, 5.41) is 8.55. The van der Waals surface area contributed by atoms with E-state index in [0.717, 1.165) is 12.2 Å². The second-order valence-electron chi connectivity index (χ2n) is 2.73. The lowest BCUT2D eigenvalue weighted by Gasteiger charge is -2.05. The molecule has 0 amide bonds. The zero-order chi connectivity index (χ0) is 8.81. The molecule has 1 rings (SSSR count). The highest BCUT2D eigenvalue weighted by molar-refractivity contribution is 5.27. The maximum absolute atomic E-state index is 8.55. The van der Waals surface area contributed by atoms with Crippen LogP contribution in [0.2, 0.25) is 0 Å². The summed E-state index contributed by atoms with van der Waals surface area (Å²) >= 11 is 0. The Kier molecular flexibility index (Phi) is 3.61. The van der Waals surface area contributed by atoms with Crippen molar-refractivity contribution in [3.63, 3.8) is 0 Å². The van der Waals surface area contributed by atoms with Gasteiger partial charge in [-0.2, -0.15) is 0 Å². The summed E-state index contributed by atoms with van der Waals surface area (Å²) in [5.41, 5.74) is 1.18. The van der Waals surface area contributed by atoms with E-state index in [1.54, 1.807) is 0 Å². The molecule has 2 heteroatoms. The van der Waals surface area contributed by atoms with Crippen LogP contribution in [0.3, 0.4) is 0 Å². The molecule has 1 aliphatic carbocycles. The zero-order valence-corrected chi connectivity index (χ0v) is 7.29. The van der Waals surface area contributed by atoms with Crippen molar-refractivity contribution >= 4 is 0 Å². The first-order valence-electron chi connectivity index (χ1n) is 4.10. The Balaban J connectivity index is 2.53. The minimum Gasteiger partial charge on any atom is -0.495 e. The van der Waals surface area contributed by atoms with E-state index in [0.29, 0.717) is 6.61 Å².